The van der Waals surface area contributed by atoms with Crippen LogP contribution in [0.3, 0.4) is 0 Å². The zero-order valence-electron chi connectivity index (χ0n) is 11.0. The predicted molar refractivity (Wildman–Crippen MR) is 67.7 cm³/mol. The fraction of sp³-hybridized carbons (Fsp3) is 0.500. The Morgan fingerprint density at radius 1 is 1.33 bits per heavy atom. The molecule has 0 N–H and O–H groups in total. The van der Waals surface area contributed by atoms with Gasteiger partial charge < -0.3 is 0 Å². The molecule has 0 saturated carbocycles. The molecule has 0 saturated heterocycles. The molecule has 0 bridgehead atoms. The van der Waals surface area contributed by atoms with Crippen LogP contribution in [0.5, 0.6) is 0 Å². The molecule has 0 amide bonds. The van der Waals surface area contributed by atoms with Crippen LogP contribution in [0.25, 0.3) is 0 Å². The SMILES string of the molecule is CCCCN(C)C(C)C(=O)c1ccc(F)c(F)c1. The van der Waals surface area contributed by atoms with Gasteiger partial charge >= 0.3 is 0 Å². The number of nitrogens with zero attached hydrogens (tertiary/aromatic N) is 1. The van der Waals surface area contributed by atoms with Crippen molar-refractivity contribution < 1.29 is 13.6 Å². The highest BCUT2D eigenvalue weighted by Gasteiger charge is 2.20. The van der Waals surface area contributed by atoms with Crippen molar-refractivity contribution in [2.45, 2.75) is 32.7 Å². The molecule has 18 heavy (non-hydrogen) atoms. The highest BCUT2D eigenvalue weighted by Crippen LogP contribution is 2.13. The number of hydrogen-bond acceptors (Lipinski definition) is 2. The summed E-state index contributed by atoms with van der Waals surface area (Å²) in [5, 5.41) is 0. The average molecular weight is 255 g/mol. The zero-order chi connectivity index (χ0) is 13.7. The molecular formula is C14H19F2NO. The molecule has 0 spiro atoms. The van der Waals surface area contributed by atoms with E-state index in [1.54, 1.807) is 6.92 Å². The summed E-state index contributed by atoms with van der Waals surface area (Å²) < 4.78 is 25.9. The van der Waals surface area contributed by atoms with Gasteiger partial charge in [-0.3, -0.25) is 9.69 Å². The first kappa shape index (κ1) is 14.8. The predicted octanol–water partition coefficient (Wildman–Crippen LogP) is 3.27. The fourth-order valence-corrected chi connectivity index (χ4v) is 1.69. The number of carbonyl (C=O) groups excluding carboxylic acids is 1. The van der Waals surface area contributed by atoms with Gasteiger partial charge in [-0.15, -0.1) is 0 Å². The molecule has 1 rings (SSSR count). The Hall–Kier alpha value is -1.29. The van der Waals surface area contributed by atoms with E-state index in [1.807, 2.05) is 11.9 Å². The number of ketones is 1. The Balaban J connectivity index is 2.76. The molecule has 0 aliphatic rings. The van der Waals surface area contributed by atoms with Crippen molar-refractivity contribution in [1.82, 2.24) is 4.90 Å². The molecule has 0 aliphatic carbocycles. The molecule has 0 radical (unpaired) electrons. The maximum absolute atomic E-state index is 13.1. The van der Waals surface area contributed by atoms with Crippen LogP contribution in [0.15, 0.2) is 18.2 Å². The summed E-state index contributed by atoms with van der Waals surface area (Å²) in [6.45, 7) is 4.67. The van der Waals surface area contributed by atoms with Gasteiger partial charge in [0.2, 0.25) is 0 Å². The Labute approximate surface area is 107 Å². The lowest BCUT2D eigenvalue weighted by Gasteiger charge is -2.23. The van der Waals surface area contributed by atoms with Crippen LogP contribution >= 0.6 is 0 Å². The Morgan fingerprint density at radius 2 is 2.00 bits per heavy atom. The van der Waals surface area contributed by atoms with Gasteiger partial charge in [0.05, 0.1) is 6.04 Å². The van der Waals surface area contributed by atoms with Gasteiger partial charge in [0.1, 0.15) is 0 Å². The summed E-state index contributed by atoms with van der Waals surface area (Å²) in [6, 6.07) is 2.94. The summed E-state index contributed by atoms with van der Waals surface area (Å²) in [7, 11) is 1.86. The molecule has 0 fully saturated rings. The maximum atomic E-state index is 13.1. The van der Waals surface area contributed by atoms with Crippen LogP contribution in [0.1, 0.15) is 37.0 Å². The van der Waals surface area contributed by atoms with E-state index in [9.17, 15) is 13.6 Å². The lowest BCUT2D eigenvalue weighted by Crippen LogP contribution is -2.36. The number of halogens is 2. The second-order valence-electron chi connectivity index (χ2n) is 4.50. The second kappa shape index (κ2) is 6.59. The molecule has 1 aromatic carbocycles. The van der Waals surface area contributed by atoms with E-state index in [2.05, 4.69) is 6.92 Å². The highest BCUT2D eigenvalue weighted by molar-refractivity contribution is 5.99. The minimum absolute atomic E-state index is 0.187. The van der Waals surface area contributed by atoms with Crippen LogP contribution in [0.4, 0.5) is 8.78 Å². The van der Waals surface area contributed by atoms with E-state index in [0.29, 0.717) is 0 Å². The van der Waals surface area contributed by atoms with E-state index in [1.165, 1.54) is 6.07 Å². The largest absolute Gasteiger partial charge is 0.297 e. The topological polar surface area (TPSA) is 20.3 Å². The summed E-state index contributed by atoms with van der Waals surface area (Å²) in [5.74, 6) is -2.10. The molecular weight excluding hydrogens is 236 g/mol. The minimum Gasteiger partial charge on any atom is -0.297 e. The molecule has 0 aliphatic heterocycles. The van der Waals surface area contributed by atoms with Gasteiger partial charge in [0.25, 0.3) is 0 Å². The van der Waals surface area contributed by atoms with Crippen molar-refractivity contribution >= 4 is 5.78 Å². The van der Waals surface area contributed by atoms with Crippen LogP contribution in [0, 0.1) is 11.6 Å². The van der Waals surface area contributed by atoms with Crippen molar-refractivity contribution in [3.05, 3.63) is 35.4 Å². The van der Waals surface area contributed by atoms with Gasteiger partial charge in [-0.05, 0) is 45.1 Å². The monoisotopic (exact) mass is 255 g/mol. The third kappa shape index (κ3) is 3.60. The van der Waals surface area contributed by atoms with Gasteiger partial charge in [-0.25, -0.2) is 8.78 Å². The third-order valence-corrected chi connectivity index (χ3v) is 3.11. The number of rotatable bonds is 6. The summed E-state index contributed by atoms with van der Waals surface area (Å²) in [4.78, 5) is 14.0. The first-order chi connectivity index (χ1) is 8.47. The van der Waals surface area contributed by atoms with Crippen LogP contribution < -0.4 is 0 Å². The van der Waals surface area contributed by atoms with Crippen LogP contribution in [0.2, 0.25) is 0 Å². The number of hydrogen-bond donors (Lipinski definition) is 0. The highest BCUT2D eigenvalue weighted by atomic mass is 19.2. The molecule has 2 nitrogen and oxygen atoms in total. The molecule has 100 valence electrons. The number of Topliss-reactive ketones (excluding diaryl/α,β-unsaturated/α-hetero) is 1. The normalized spacial score (nSPS) is 12.8. The first-order valence-corrected chi connectivity index (χ1v) is 6.16. The quantitative estimate of drug-likeness (QED) is 0.727. The molecule has 4 heteroatoms. The van der Waals surface area contributed by atoms with Crippen LogP contribution in [-0.2, 0) is 0 Å². The van der Waals surface area contributed by atoms with Gasteiger partial charge in [-0.2, -0.15) is 0 Å². The molecule has 1 aromatic rings. The van der Waals surface area contributed by atoms with E-state index in [-0.39, 0.29) is 17.4 Å². The maximum Gasteiger partial charge on any atom is 0.179 e. The number of benzene rings is 1. The first-order valence-electron chi connectivity index (χ1n) is 6.16. The Bertz CT molecular complexity index is 420. The Kier molecular flexibility index (Phi) is 5.41. The summed E-state index contributed by atoms with van der Waals surface area (Å²) in [5.41, 5.74) is 0.213. The molecule has 0 aromatic heterocycles. The van der Waals surface area contributed by atoms with Crippen LogP contribution in [-0.4, -0.2) is 30.3 Å². The summed E-state index contributed by atoms with van der Waals surface area (Å²) >= 11 is 0. The van der Waals surface area contributed by atoms with E-state index >= 15 is 0 Å². The average Bonchev–Trinajstić information content (AvgIpc) is 2.37. The molecule has 0 heterocycles. The lowest BCUT2D eigenvalue weighted by molar-refractivity contribution is 0.0867. The van der Waals surface area contributed by atoms with Gasteiger partial charge in [0, 0.05) is 5.56 Å². The smallest absolute Gasteiger partial charge is 0.179 e. The van der Waals surface area contributed by atoms with E-state index in [4.69, 9.17) is 0 Å². The van der Waals surface area contributed by atoms with E-state index < -0.39 is 11.6 Å². The van der Waals surface area contributed by atoms with Crippen molar-refractivity contribution in [3.63, 3.8) is 0 Å². The van der Waals surface area contributed by atoms with Crippen molar-refractivity contribution in [2.24, 2.45) is 0 Å². The zero-order valence-corrected chi connectivity index (χ0v) is 11.0. The number of likely N-dealkylation sites (N-methyl/N-ethyl adjacent to an activating group) is 1. The van der Waals surface area contributed by atoms with Crippen molar-refractivity contribution in [1.29, 1.82) is 0 Å². The molecule has 1 unspecified atom stereocenters. The standard InChI is InChI=1S/C14H19F2NO/c1-4-5-8-17(3)10(2)14(18)11-6-7-12(15)13(16)9-11/h6-7,9-10H,4-5,8H2,1-3H3. The number of carbonyl (C=O) groups is 1. The summed E-state index contributed by atoms with van der Waals surface area (Å²) in [6.07, 6.45) is 2.06. The van der Waals surface area contributed by atoms with E-state index in [0.717, 1.165) is 31.5 Å². The minimum atomic E-state index is -0.982. The van der Waals surface area contributed by atoms with Gasteiger partial charge in [0.15, 0.2) is 17.4 Å². The lowest BCUT2D eigenvalue weighted by atomic mass is 10.0. The molecule has 1 atom stereocenters. The third-order valence-electron chi connectivity index (χ3n) is 3.11. The van der Waals surface area contributed by atoms with Crippen molar-refractivity contribution in [3.8, 4) is 0 Å². The van der Waals surface area contributed by atoms with Crippen molar-refractivity contribution in [2.75, 3.05) is 13.6 Å². The fourth-order valence-electron chi connectivity index (χ4n) is 1.69. The number of unbranched alkanes of at least 4 members (excludes halogenated alkanes) is 1. The second-order valence-corrected chi connectivity index (χ2v) is 4.50. The Morgan fingerprint density at radius 3 is 2.56 bits per heavy atom. The van der Waals surface area contributed by atoms with Gasteiger partial charge in [-0.1, -0.05) is 13.3 Å².